The summed E-state index contributed by atoms with van der Waals surface area (Å²) in [4.78, 5) is 19.3. The number of hydrogen-bond acceptors (Lipinski definition) is 3. The van der Waals surface area contributed by atoms with Gasteiger partial charge in [-0.2, -0.15) is 0 Å². The molecular weight excluding hydrogens is 870 g/mol. The summed E-state index contributed by atoms with van der Waals surface area (Å²) in [7, 11) is 0. The van der Waals surface area contributed by atoms with E-state index in [1.165, 1.54) is 29.1 Å². The average molecular weight is 910 g/mol. The fraction of sp³-hybridized carbons (Fsp3) is 0.0351. The van der Waals surface area contributed by atoms with E-state index in [9.17, 15) is 4.79 Å². The molecule has 0 saturated carbocycles. The third-order valence-electron chi connectivity index (χ3n) is 12.4. The molecule has 0 fully saturated rings. The molecule has 0 unspecified atom stereocenters. The molecule has 0 saturated heterocycles. The first-order valence-electron chi connectivity index (χ1n) is 21.1. The molecule has 0 spiro atoms. The molecular formula is C57H39N3OTe. The Morgan fingerprint density at radius 3 is 1.27 bits per heavy atom. The van der Waals surface area contributed by atoms with Gasteiger partial charge in [-0.15, -0.1) is 0 Å². The molecule has 0 radical (unpaired) electrons. The fourth-order valence-electron chi connectivity index (χ4n) is 9.52. The molecule has 5 heteroatoms. The van der Waals surface area contributed by atoms with E-state index in [4.69, 9.17) is 0 Å². The van der Waals surface area contributed by atoms with Gasteiger partial charge >= 0.3 is 299 Å². The van der Waals surface area contributed by atoms with Crippen molar-refractivity contribution in [3.05, 3.63) is 245 Å². The quantitative estimate of drug-likeness (QED) is 0.118. The second-order valence-corrected chi connectivity index (χ2v) is 19.2. The number of hydrogen-bond donors (Lipinski definition) is 0. The molecule has 9 aromatic carbocycles. The third kappa shape index (κ3) is 6.24. The number of rotatable bonds is 7. The van der Waals surface area contributed by atoms with Gasteiger partial charge in [-0.05, 0) is 0 Å². The first-order valence-corrected chi connectivity index (χ1v) is 23.5. The van der Waals surface area contributed by atoms with Crippen LogP contribution in [0.25, 0.3) is 45.1 Å². The maximum atomic E-state index is 14.7. The van der Waals surface area contributed by atoms with Gasteiger partial charge in [0.2, 0.25) is 0 Å². The van der Waals surface area contributed by atoms with Crippen LogP contribution in [0.5, 0.6) is 0 Å². The van der Waals surface area contributed by atoms with Gasteiger partial charge < -0.3 is 0 Å². The predicted octanol–water partition coefficient (Wildman–Crippen LogP) is 13.9. The Morgan fingerprint density at radius 2 is 0.790 bits per heavy atom. The second-order valence-electron chi connectivity index (χ2n) is 16.1. The minimum atomic E-state index is -0.767. The van der Waals surface area contributed by atoms with Crippen molar-refractivity contribution in [2.75, 3.05) is 9.80 Å². The van der Waals surface area contributed by atoms with E-state index in [0.29, 0.717) is 0 Å². The zero-order valence-electron chi connectivity index (χ0n) is 33.8. The molecule has 12 rings (SSSR count). The van der Waals surface area contributed by atoms with Crippen LogP contribution in [0.4, 0.5) is 34.1 Å². The maximum absolute atomic E-state index is 14.7. The van der Waals surface area contributed by atoms with Crippen LogP contribution in [0.3, 0.4) is 0 Å². The summed E-state index contributed by atoms with van der Waals surface area (Å²) in [5.74, 6) is 0. The van der Waals surface area contributed by atoms with Gasteiger partial charge in [-0.3, -0.25) is 0 Å². The molecule has 0 bridgehead atoms. The molecule has 2 aromatic heterocycles. The standard InChI is InChI=1S/C57H39N3OTe/c61-57-51-33-40-31-38-15-13-14-16-39(38)32-41(40)34-56(51)62-55-30-27-48(37-52(55)57)60-53-28-25-46(58(42-17-5-1-6-18-42)43-19-7-2-8-20-43)35-49(53)50-36-47(26-29-54(50)60)59(44-21-9-3-10-22-44)45-23-11-4-12-24-45/h1-30,33-37H,31-32H2. The Balaban J connectivity index is 1.07. The summed E-state index contributed by atoms with van der Waals surface area (Å²) in [5.41, 5.74) is 15.2. The van der Waals surface area contributed by atoms with E-state index in [1.807, 2.05) is 0 Å². The number of para-hydroxylation sites is 4. The van der Waals surface area contributed by atoms with Gasteiger partial charge in [0.1, 0.15) is 0 Å². The molecule has 11 aromatic rings. The summed E-state index contributed by atoms with van der Waals surface area (Å²) >= 11 is -0.767. The van der Waals surface area contributed by atoms with Gasteiger partial charge in [0.25, 0.3) is 0 Å². The third-order valence-corrected chi connectivity index (χ3v) is 15.7. The first-order chi connectivity index (χ1) is 30.6. The number of aromatic nitrogens is 1. The Morgan fingerprint density at radius 1 is 0.355 bits per heavy atom. The van der Waals surface area contributed by atoms with Crippen molar-refractivity contribution in [1.29, 1.82) is 0 Å². The predicted molar refractivity (Wildman–Crippen MR) is 260 cm³/mol. The normalized spacial score (nSPS) is 12.1. The molecule has 2 heterocycles. The summed E-state index contributed by atoms with van der Waals surface area (Å²) in [6.07, 6.45) is 1.81. The van der Waals surface area contributed by atoms with Crippen molar-refractivity contribution >= 4 is 93.9 Å². The van der Waals surface area contributed by atoms with Crippen LogP contribution >= 0.6 is 0 Å². The Bertz CT molecular complexity index is 3330. The topological polar surface area (TPSA) is 28.5 Å². The van der Waals surface area contributed by atoms with E-state index in [1.54, 1.807) is 0 Å². The van der Waals surface area contributed by atoms with E-state index in [2.05, 4.69) is 227 Å². The van der Waals surface area contributed by atoms with Crippen molar-refractivity contribution in [2.45, 2.75) is 12.8 Å². The van der Waals surface area contributed by atoms with Crippen LogP contribution in [-0.4, -0.2) is 25.0 Å². The fourth-order valence-corrected chi connectivity index (χ4v) is 12.6. The summed E-state index contributed by atoms with van der Waals surface area (Å²) in [6, 6.07) is 75.9. The van der Waals surface area contributed by atoms with Crippen LogP contribution in [-0.2, 0) is 12.8 Å². The summed E-state index contributed by atoms with van der Waals surface area (Å²) in [5, 5.41) is 4.01. The van der Waals surface area contributed by atoms with Gasteiger partial charge in [-0.1, -0.05) is 72.8 Å². The number of anilines is 6. The molecule has 294 valence electrons. The van der Waals surface area contributed by atoms with Gasteiger partial charge in [-0.25, -0.2) is 0 Å². The van der Waals surface area contributed by atoms with E-state index in [0.717, 1.165) is 85.2 Å². The molecule has 0 atom stereocenters. The van der Waals surface area contributed by atoms with Gasteiger partial charge in [0.05, 0.1) is 0 Å². The van der Waals surface area contributed by atoms with E-state index < -0.39 is 20.4 Å². The average Bonchev–Trinajstić information content (AvgIpc) is 3.65. The molecule has 4 nitrogen and oxygen atoms in total. The number of nitrogens with zero attached hydrogens (tertiary/aromatic N) is 3. The number of fused-ring (bicyclic) bond motifs is 7. The molecule has 0 N–H and O–H groups in total. The Hall–Kier alpha value is -7.16. The Kier molecular flexibility index (Phi) is 8.92. The summed E-state index contributed by atoms with van der Waals surface area (Å²) in [6.45, 7) is 0. The Labute approximate surface area is 369 Å². The molecule has 0 aliphatic heterocycles. The first kappa shape index (κ1) is 36.7. The van der Waals surface area contributed by atoms with E-state index >= 15 is 0 Å². The molecule has 0 amide bonds. The molecule has 1 aliphatic carbocycles. The SMILES string of the molecule is O=c1c2cc(-n3c4ccc(N(c5ccccc5)c5ccccc5)cc4c4cc(N(c5ccccc5)c5ccccc5)ccc43)ccc2[te]c2cc3c(cc12)Cc1ccccc1C3. The van der Waals surface area contributed by atoms with Crippen molar-refractivity contribution in [2.24, 2.45) is 0 Å². The van der Waals surface area contributed by atoms with Gasteiger partial charge in [0, 0.05) is 0 Å². The van der Waals surface area contributed by atoms with Crippen LogP contribution < -0.4 is 15.2 Å². The molecule has 62 heavy (non-hydrogen) atoms. The minimum absolute atomic E-state index is 0.142. The van der Waals surface area contributed by atoms with Gasteiger partial charge in [0.15, 0.2) is 0 Å². The van der Waals surface area contributed by atoms with Crippen molar-refractivity contribution in [3.8, 4) is 5.69 Å². The van der Waals surface area contributed by atoms with Crippen LogP contribution in [0.15, 0.2) is 217 Å². The van der Waals surface area contributed by atoms with Crippen LogP contribution in [0.1, 0.15) is 22.3 Å². The zero-order valence-corrected chi connectivity index (χ0v) is 36.1. The van der Waals surface area contributed by atoms with Crippen molar-refractivity contribution in [3.63, 3.8) is 0 Å². The van der Waals surface area contributed by atoms with Crippen LogP contribution in [0.2, 0.25) is 0 Å². The zero-order chi connectivity index (χ0) is 41.1. The summed E-state index contributed by atoms with van der Waals surface area (Å²) < 4.78 is 4.83. The second kappa shape index (κ2) is 15.1. The van der Waals surface area contributed by atoms with Crippen molar-refractivity contribution in [1.82, 2.24) is 4.57 Å². The molecule has 1 aliphatic rings. The van der Waals surface area contributed by atoms with E-state index in [-0.39, 0.29) is 5.43 Å². The monoisotopic (exact) mass is 911 g/mol. The number of benzene rings is 9. The van der Waals surface area contributed by atoms with Crippen molar-refractivity contribution < 1.29 is 0 Å². The van der Waals surface area contributed by atoms with Crippen LogP contribution in [0, 0.1) is 0 Å².